The van der Waals surface area contributed by atoms with E-state index in [1.54, 1.807) is 0 Å². The lowest BCUT2D eigenvalue weighted by Crippen LogP contribution is -2.53. The number of benzene rings is 1. The van der Waals surface area contributed by atoms with Gasteiger partial charge in [0.05, 0.1) is 6.20 Å². The molecule has 2 aliphatic rings. The molecule has 1 amide bonds. The summed E-state index contributed by atoms with van der Waals surface area (Å²) in [6.45, 7) is 14.5. The van der Waals surface area contributed by atoms with Crippen molar-refractivity contribution in [1.29, 1.82) is 5.26 Å². The van der Waals surface area contributed by atoms with Gasteiger partial charge in [0, 0.05) is 43.0 Å². The van der Waals surface area contributed by atoms with E-state index in [0.717, 1.165) is 63.2 Å². The van der Waals surface area contributed by atoms with E-state index in [0.29, 0.717) is 5.92 Å². The summed E-state index contributed by atoms with van der Waals surface area (Å²) in [4.78, 5) is 24.8. The number of carbonyl (C=O) groups excluding carboxylic acids is 1. The number of anilines is 1. The summed E-state index contributed by atoms with van der Waals surface area (Å²) in [7, 11) is 0. The summed E-state index contributed by atoms with van der Waals surface area (Å²) < 4.78 is 0. The zero-order valence-electron chi connectivity index (χ0n) is 20.8. The second-order valence-corrected chi connectivity index (χ2v) is 10.1. The maximum atomic E-state index is 12.9. The Kier molecular flexibility index (Phi) is 7.20. The van der Waals surface area contributed by atoms with Crippen molar-refractivity contribution in [2.75, 3.05) is 38.0 Å². The number of piperazine rings is 1. The number of hydrogen-bond acceptors (Lipinski definition) is 5. The molecule has 0 spiro atoms. The van der Waals surface area contributed by atoms with Crippen LogP contribution < -0.4 is 5.32 Å². The number of carbonyl (C=O) groups is 1. The molecule has 0 saturated carbocycles. The standard InChI is InChI=1S/C27H36N6O/c1-5-32-12-14-33(15-13-32)27(3,4)21-10-11-24(23(16-21)20-8-6-19(2)7-9-20)31-26(34)25-29-18-22(17-28)30-25/h8,10-11,16,18-19H,5-7,9,12-15H2,1-4H3,(H,29,30)(H,31,34). The molecule has 7 nitrogen and oxygen atoms in total. The van der Waals surface area contributed by atoms with Crippen molar-refractivity contribution in [3.63, 3.8) is 0 Å². The first-order chi connectivity index (χ1) is 16.3. The third-order valence-electron chi connectivity index (χ3n) is 7.51. The van der Waals surface area contributed by atoms with E-state index in [1.807, 2.05) is 12.1 Å². The lowest BCUT2D eigenvalue weighted by Gasteiger charge is -2.44. The summed E-state index contributed by atoms with van der Waals surface area (Å²) >= 11 is 0. The number of allylic oxidation sites excluding steroid dienone is 2. The van der Waals surface area contributed by atoms with E-state index in [4.69, 9.17) is 5.26 Å². The van der Waals surface area contributed by atoms with Crippen LogP contribution in [-0.4, -0.2) is 58.4 Å². The first-order valence-corrected chi connectivity index (χ1v) is 12.4. The topological polar surface area (TPSA) is 88.0 Å². The Bertz CT molecular complexity index is 1100. The molecular weight excluding hydrogens is 424 g/mol. The maximum absolute atomic E-state index is 12.9. The molecule has 1 aliphatic carbocycles. The number of nitrogens with one attached hydrogen (secondary N) is 2. The maximum Gasteiger partial charge on any atom is 0.291 e. The molecule has 1 atom stereocenters. The normalized spacial score (nSPS) is 20.0. The van der Waals surface area contributed by atoms with Gasteiger partial charge in [-0.1, -0.05) is 26.0 Å². The van der Waals surface area contributed by atoms with Gasteiger partial charge >= 0.3 is 0 Å². The molecule has 1 aromatic heterocycles. The molecule has 2 heterocycles. The first kappa shape index (κ1) is 24.2. The molecule has 1 aromatic carbocycles. The van der Waals surface area contributed by atoms with Crippen LogP contribution in [-0.2, 0) is 5.54 Å². The van der Waals surface area contributed by atoms with Gasteiger partial charge in [0.1, 0.15) is 11.8 Å². The number of imidazole rings is 1. The number of aromatic nitrogens is 2. The molecule has 2 N–H and O–H groups in total. The number of amides is 1. The second kappa shape index (κ2) is 10.1. The molecule has 0 radical (unpaired) electrons. The monoisotopic (exact) mass is 460 g/mol. The highest BCUT2D eigenvalue weighted by Crippen LogP contribution is 2.38. The van der Waals surface area contributed by atoms with Gasteiger partial charge < -0.3 is 15.2 Å². The average molecular weight is 461 g/mol. The molecule has 7 heteroatoms. The Morgan fingerprint density at radius 1 is 1.29 bits per heavy atom. The Morgan fingerprint density at radius 3 is 2.68 bits per heavy atom. The van der Waals surface area contributed by atoms with Gasteiger partial charge in [-0.05, 0) is 68.8 Å². The lowest BCUT2D eigenvalue weighted by molar-refractivity contribution is 0.0527. The highest BCUT2D eigenvalue weighted by molar-refractivity contribution is 6.03. The number of hydrogen-bond donors (Lipinski definition) is 2. The predicted octanol–water partition coefficient (Wildman–Crippen LogP) is 4.61. The highest BCUT2D eigenvalue weighted by Gasteiger charge is 2.32. The van der Waals surface area contributed by atoms with Gasteiger partial charge in [-0.2, -0.15) is 5.26 Å². The summed E-state index contributed by atoms with van der Waals surface area (Å²) in [6, 6.07) is 8.42. The molecule has 4 rings (SSSR count). The van der Waals surface area contributed by atoms with E-state index >= 15 is 0 Å². The fourth-order valence-corrected chi connectivity index (χ4v) is 4.99. The van der Waals surface area contributed by atoms with Gasteiger partial charge in [0.25, 0.3) is 5.91 Å². The fourth-order valence-electron chi connectivity index (χ4n) is 4.99. The number of aromatic amines is 1. The van der Waals surface area contributed by atoms with E-state index in [-0.39, 0.29) is 23.0 Å². The Morgan fingerprint density at radius 2 is 2.06 bits per heavy atom. The molecule has 2 aromatic rings. The fraction of sp³-hybridized carbons (Fsp3) is 0.519. The SMILES string of the molecule is CCN1CCN(C(C)(C)c2ccc(NC(=O)c3ncc(C#N)[nH]3)c(C3=CCC(C)CC3)c2)CC1. The van der Waals surface area contributed by atoms with Crippen LogP contribution in [0.5, 0.6) is 0 Å². The van der Waals surface area contributed by atoms with Crippen molar-refractivity contribution in [1.82, 2.24) is 19.8 Å². The highest BCUT2D eigenvalue weighted by atomic mass is 16.2. The minimum atomic E-state index is -0.338. The summed E-state index contributed by atoms with van der Waals surface area (Å²) in [5.41, 5.74) is 4.59. The largest absolute Gasteiger partial charge is 0.326 e. The second-order valence-electron chi connectivity index (χ2n) is 10.1. The molecule has 34 heavy (non-hydrogen) atoms. The van der Waals surface area contributed by atoms with Crippen LogP contribution in [0.1, 0.15) is 74.4 Å². The zero-order valence-corrected chi connectivity index (χ0v) is 20.8. The minimum absolute atomic E-state index is 0.109. The number of nitriles is 1. The van der Waals surface area contributed by atoms with Gasteiger partial charge in [-0.15, -0.1) is 0 Å². The third-order valence-corrected chi connectivity index (χ3v) is 7.51. The van der Waals surface area contributed by atoms with Crippen molar-refractivity contribution < 1.29 is 4.79 Å². The smallest absolute Gasteiger partial charge is 0.291 e. The molecule has 0 bridgehead atoms. The van der Waals surface area contributed by atoms with Crippen LogP contribution >= 0.6 is 0 Å². The Labute approximate surface area is 202 Å². The van der Waals surface area contributed by atoms with Crippen molar-refractivity contribution in [3.8, 4) is 6.07 Å². The van der Waals surface area contributed by atoms with Crippen molar-refractivity contribution >= 4 is 17.2 Å². The van der Waals surface area contributed by atoms with Crippen LogP contribution in [0.25, 0.3) is 5.57 Å². The van der Waals surface area contributed by atoms with Crippen LogP contribution in [0.4, 0.5) is 5.69 Å². The summed E-state index contributed by atoms with van der Waals surface area (Å²) in [5, 5.41) is 12.1. The molecule has 1 fully saturated rings. The van der Waals surface area contributed by atoms with Gasteiger partial charge in [0.2, 0.25) is 0 Å². The minimum Gasteiger partial charge on any atom is -0.326 e. The van der Waals surface area contributed by atoms with E-state index in [1.165, 1.54) is 17.3 Å². The van der Waals surface area contributed by atoms with E-state index in [2.05, 4.69) is 71.0 Å². The number of H-pyrrole nitrogens is 1. The molecule has 1 saturated heterocycles. The van der Waals surface area contributed by atoms with Gasteiger partial charge in [-0.25, -0.2) is 4.98 Å². The van der Waals surface area contributed by atoms with Gasteiger partial charge in [-0.3, -0.25) is 9.69 Å². The first-order valence-electron chi connectivity index (χ1n) is 12.4. The van der Waals surface area contributed by atoms with Crippen molar-refractivity contribution in [2.24, 2.45) is 5.92 Å². The predicted molar refractivity (Wildman–Crippen MR) is 135 cm³/mol. The number of rotatable bonds is 6. The van der Waals surface area contributed by atoms with E-state index < -0.39 is 0 Å². The Balaban J connectivity index is 1.64. The average Bonchev–Trinajstić information content (AvgIpc) is 3.34. The third kappa shape index (κ3) is 5.08. The molecule has 1 aliphatic heterocycles. The quantitative estimate of drug-likeness (QED) is 0.657. The molecule has 180 valence electrons. The van der Waals surface area contributed by atoms with Crippen LogP contribution in [0.15, 0.2) is 30.5 Å². The molecule has 1 unspecified atom stereocenters. The Hall–Kier alpha value is -2.95. The van der Waals surface area contributed by atoms with Crippen molar-refractivity contribution in [2.45, 2.75) is 52.5 Å². The number of likely N-dealkylation sites (N-methyl/N-ethyl adjacent to an activating group) is 1. The van der Waals surface area contributed by atoms with Crippen LogP contribution in [0, 0.1) is 17.2 Å². The van der Waals surface area contributed by atoms with Crippen LogP contribution in [0.3, 0.4) is 0 Å². The summed E-state index contributed by atoms with van der Waals surface area (Å²) in [5.74, 6) is 0.492. The summed E-state index contributed by atoms with van der Waals surface area (Å²) in [6.07, 6.45) is 6.92. The van der Waals surface area contributed by atoms with Crippen LogP contribution in [0.2, 0.25) is 0 Å². The molecular formula is C27H36N6O. The van der Waals surface area contributed by atoms with Gasteiger partial charge in [0.15, 0.2) is 5.82 Å². The van der Waals surface area contributed by atoms with E-state index in [9.17, 15) is 4.79 Å². The zero-order chi connectivity index (χ0) is 24.3. The number of nitrogens with zero attached hydrogens (tertiary/aromatic N) is 4. The lowest BCUT2D eigenvalue weighted by atomic mass is 9.84. The van der Waals surface area contributed by atoms with Crippen molar-refractivity contribution in [3.05, 3.63) is 53.1 Å².